The monoisotopic (exact) mass is 404 g/mol. The van der Waals surface area contributed by atoms with Crippen LogP contribution in [0.3, 0.4) is 0 Å². The summed E-state index contributed by atoms with van der Waals surface area (Å²) in [6.07, 6.45) is 2.38. The molecule has 3 rings (SSSR count). The molecule has 0 atom stereocenters. The van der Waals surface area contributed by atoms with E-state index in [-0.39, 0.29) is 10.9 Å². The Hall–Kier alpha value is -1.91. The van der Waals surface area contributed by atoms with Crippen molar-refractivity contribution in [2.45, 2.75) is 49.1 Å². The minimum Gasteiger partial charge on any atom is -0.390 e. The van der Waals surface area contributed by atoms with Crippen molar-refractivity contribution >= 4 is 21.6 Å². The van der Waals surface area contributed by atoms with Crippen molar-refractivity contribution in [2.75, 3.05) is 0 Å². The topological polar surface area (TPSA) is 90.2 Å². The Labute approximate surface area is 164 Å². The van der Waals surface area contributed by atoms with Gasteiger partial charge in [0.15, 0.2) is 0 Å². The number of rotatable bonds is 4. The number of hydrogen-bond acceptors (Lipinski definition) is 4. The van der Waals surface area contributed by atoms with Crippen LogP contribution in [0.15, 0.2) is 47.4 Å². The average Bonchev–Trinajstić information content (AvgIpc) is 2.63. The van der Waals surface area contributed by atoms with E-state index in [0.717, 1.165) is 5.56 Å². The van der Waals surface area contributed by atoms with Gasteiger partial charge in [0.2, 0.25) is 10.0 Å². The van der Waals surface area contributed by atoms with Crippen molar-refractivity contribution in [1.29, 1.82) is 5.26 Å². The highest BCUT2D eigenvalue weighted by Gasteiger charge is 2.31. The zero-order valence-corrected chi connectivity index (χ0v) is 16.5. The van der Waals surface area contributed by atoms with Crippen molar-refractivity contribution in [3.63, 3.8) is 0 Å². The van der Waals surface area contributed by atoms with Crippen LogP contribution < -0.4 is 4.72 Å². The molecule has 1 fully saturated rings. The molecule has 1 saturated carbocycles. The maximum Gasteiger partial charge on any atom is 0.240 e. The van der Waals surface area contributed by atoms with Crippen molar-refractivity contribution in [3.05, 3.63) is 53.1 Å². The summed E-state index contributed by atoms with van der Waals surface area (Å²) in [6.45, 7) is 1.78. The Kier molecular flexibility index (Phi) is 5.59. The van der Waals surface area contributed by atoms with Gasteiger partial charge in [-0.25, -0.2) is 13.1 Å². The van der Waals surface area contributed by atoms with Gasteiger partial charge in [-0.1, -0.05) is 29.8 Å². The minimum absolute atomic E-state index is 0.170. The standard InChI is InChI=1S/C20H21ClN2O3S/c1-20(24)10-8-17(9-11-20)23-27(25,26)18-5-2-14(3-6-18)19-7-4-16(21)12-15(19)13-22/h2-7,12,17,23-24H,8-11H2,1H3. The van der Waals surface area contributed by atoms with Crippen LogP contribution in [0.25, 0.3) is 11.1 Å². The molecule has 0 bridgehead atoms. The van der Waals surface area contributed by atoms with Gasteiger partial charge in [0.1, 0.15) is 0 Å². The molecule has 0 spiro atoms. The number of aliphatic hydroxyl groups is 1. The molecule has 2 aromatic rings. The maximum atomic E-state index is 12.6. The quantitative estimate of drug-likeness (QED) is 0.809. The fourth-order valence-corrected chi connectivity index (χ4v) is 4.80. The van der Waals surface area contributed by atoms with Crippen molar-refractivity contribution in [1.82, 2.24) is 4.72 Å². The second-order valence-corrected chi connectivity index (χ2v) is 9.37. The number of hydrogen-bond donors (Lipinski definition) is 2. The van der Waals surface area contributed by atoms with Gasteiger partial charge in [0, 0.05) is 11.1 Å². The van der Waals surface area contributed by atoms with E-state index >= 15 is 0 Å². The lowest BCUT2D eigenvalue weighted by molar-refractivity contribution is 0.0163. The van der Waals surface area contributed by atoms with Gasteiger partial charge >= 0.3 is 0 Å². The lowest BCUT2D eigenvalue weighted by Crippen LogP contribution is -2.42. The molecule has 0 unspecified atom stereocenters. The van der Waals surface area contributed by atoms with E-state index in [2.05, 4.69) is 10.8 Å². The van der Waals surface area contributed by atoms with Crippen LogP contribution in [-0.4, -0.2) is 25.2 Å². The summed E-state index contributed by atoms with van der Waals surface area (Å²) in [5.74, 6) is 0. The summed E-state index contributed by atoms with van der Waals surface area (Å²) < 4.78 is 28.0. The van der Waals surface area contributed by atoms with E-state index in [4.69, 9.17) is 11.6 Å². The Morgan fingerprint density at radius 3 is 2.41 bits per heavy atom. The van der Waals surface area contributed by atoms with E-state index in [1.165, 1.54) is 12.1 Å². The first-order chi connectivity index (χ1) is 12.7. The molecule has 7 heteroatoms. The number of halogens is 1. The van der Waals surface area contributed by atoms with Crippen molar-refractivity contribution in [2.24, 2.45) is 0 Å². The first kappa shape index (κ1) is 19.8. The van der Waals surface area contributed by atoms with E-state index in [1.54, 1.807) is 37.3 Å². The van der Waals surface area contributed by atoms with Gasteiger partial charge < -0.3 is 5.11 Å². The summed E-state index contributed by atoms with van der Waals surface area (Å²) in [4.78, 5) is 0.177. The smallest absolute Gasteiger partial charge is 0.240 e. The second kappa shape index (κ2) is 7.61. The third-order valence-corrected chi connectivity index (χ3v) is 6.73. The molecule has 0 heterocycles. The van der Waals surface area contributed by atoms with Crippen molar-refractivity contribution in [3.8, 4) is 17.2 Å². The average molecular weight is 405 g/mol. The summed E-state index contributed by atoms with van der Waals surface area (Å²) >= 11 is 5.92. The zero-order chi connectivity index (χ0) is 19.7. The number of nitrogens with zero attached hydrogens (tertiary/aromatic N) is 1. The molecule has 2 N–H and O–H groups in total. The Morgan fingerprint density at radius 1 is 1.19 bits per heavy atom. The van der Waals surface area contributed by atoms with Crippen LogP contribution in [0.4, 0.5) is 0 Å². The largest absolute Gasteiger partial charge is 0.390 e. The first-order valence-electron chi connectivity index (χ1n) is 8.75. The van der Waals surface area contributed by atoms with Crippen LogP contribution in [0.5, 0.6) is 0 Å². The molecule has 2 aromatic carbocycles. The fourth-order valence-electron chi connectivity index (χ4n) is 3.32. The molecule has 0 saturated heterocycles. The molecule has 0 aromatic heterocycles. The number of nitrogens with one attached hydrogen (secondary N) is 1. The summed E-state index contributed by atoms with van der Waals surface area (Å²) in [5.41, 5.74) is 1.18. The fraction of sp³-hybridized carbons (Fsp3) is 0.350. The molecule has 5 nitrogen and oxygen atoms in total. The van der Waals surface area contributed by atoms with E-state index in [0.29, 0.717) is 41.8 Å². The minimum atomic E-state index is -3.64. The van der Waals surface area contributed by atoms with E-state index < -0.39 is 15.6 Å². The van der Waals surface area contributed by atoms with Crippen LogP contribution in [0, 0.1) is 11.3 Å². The molecule has 142 valence electrons. The van der Waals surface area contributed by atoms with Crippen LogP contribution in [-0.2, 0) is 10.0 Å². The molecule has 1 aliphatic carbocycles. The predicted octanol–water partition coefficient (Wildman–Crippen LogP) is 3.85. The van der Waals surface area contributed by atoms with Gasteiger partial charge in [-0.3, -0.25) is 0 Å². The van der Waals surface area contributed by atoms with Gasteiger partial charge in [-0.15, -0.1) is 0 Å². The van der Waals surface area contributed by atoms with E-state index in [9.17, 15) is 18.8 Å². The molecule has 27 heavy (non-hydrogen) atoms. The van der Waals surface area contributed by atoms with Gasteiger partial charge in [0.05, 0.1) is 22.1 Å². The lowest BCUT2D eigenvalue weighted by Gasteiger charge is -2.33. The number of sulfonamides is 1. The van der Waals surface area contributed by atoms with Gasteiger partial charge in [0.25, 0.3) is 0 Å². The van der Waals surface area contributed by atoms with Crippen LogP contribution >= 0.6 is 11.6 Å². The lowest BCUT2D eigenvalue weighted by atomic mass is 9.84. The van der Waals surface area contributed by atoms with Crippen LogP contribution in [0.2, 0.25) is 5.02 Å². The van der Waals surface area contributed by atoms with Crippen LogP contribution in [0.1, 0.15) is 38.2 Å². The summed E-state index contributed by atoms with van der Waals surface area (Å²) in [6, 6.07) is 13.4. The molecule has 0 amide bonds. The highest BCUT2D eigenvalue weighted by molar-refractivity contribution is 7.89. The molecule has 1 aliphatic rings. The Bertz CT molecular complexity index is 969. The van der Waals surface area contributed by atoms with Gasteiger partial charge in [-0.05, 0) is 68.0 Å². The summed E-state index contributed by atoms with van der Waals surface area (Å²) in [5, 5.41) is 19.7. The normalized spacial score (nSPS) is 23.0. The molecular formula is C20H21ClN2O3S. The van der Waals surface area contributed by atoms with E-state index in [1.807, 2.05) is 0 Å². The first-order valence-corrected chi connectivity index (χ1v) is 10.6. The summed E-state index contributed by atoms with van der Waals surface area (Å²) in [7, 11) is -3.64. The van der Waals surface area contributed by atoms with Gasteiger partial charge in [-0.2, -0.15) is 5.26 Å². The third kappa shape index (κ3) is 4.69. The number of benzene rings is 2. The Balaban J connectivity index is 1.78. The van der Waals surface area contributed by atoms with Crippen molar-refractivity contribution < 1.29 is 13.5 Å². The highest BCUT2D eigenvalue weighted by Crippen LogP contribution is 2.30. The zero-order valence-electron chi connectivity index (χ0n) is 14.9. The second-order valence-electron chi connectivity index (χ2n) is 7.22. The number of nitriles is 1. The highest BCUT2D eigenvalue weighted by atomic mass is 35.5. The Morgan fingerprint density at radius 2 is 1.81 bits per heavy atom. The third-order valence-electron chi connectivity index (χ3n) is 4.96. The molecule has 0 radical (unpaired) electrons. The molecular weight excluding hydrogens is 384 g/mol. The maximum absolute atomic E-state index is 12.6. The SMILES string of the molecule is CC1(O)CCC(NS(=O)(=O)c2ccc(-c3ccc(Cl)cc3C#N)cc2)CC1. The molecule has 0 aliphatic heterocycles. The predicted molar refractivity (Wildman–Crippen MR) is 105 cm³/mol.